The van der Waals surface area contributed by atoms with Crippen molar-refractivity contribution in [3.05, 3.63) is 99.6 Å². The van der Waals surface area contributed by atoms with Gasteiger partial charge in [0.1, 0.15) is 11.5 Å². The highest BCUT2D eigenvalue weighted by molar-refractivity contribution is 5.91. The first-order chi connectivity index (χ1) is 16.9. The number of ether oxygens (including phenoxy) is 2. The van der Waals surface area contributed by atoms with Crippen molar-refractivity contribution in [1.82, 2.24) is 5.43 Å². The van der Waals surface area contributed by atoms with Crippen molar-refractivity contribution in [3.8, 4) is 11.5 Å². The monoisotopic (exact) mass is 475 g/mol. The summed E-state index contributed by atoms with van der Waals surface area (Å²) in [6.45, 7) is 4.12. The topological polar surface area (TPSA) is 120 Å². The van der Waals surface area contributed by atoms with Gasteiger partial charge in [-0.05, 0) is 72.0 Å². The molecular formula is C26H25N3O6. The molecule has 9 nitrogen and oxygen atoms in total. The molecule has 1 amide bonds. The summed E-state index contributed by atoms with van der Waals surface area (Å²) in [4.78, 5) is 34.3. The Morgan fingerprint density at radius 2 is 1.63 bits per heavy atom. The molecule has 9 heteroatoms. The molecule has 1 atom stereocenters. The van der Waals surface area contributed by atoms with Crippen LogP contribution in [0.5, 0.6) is 11.5 Å². The number of benzene rings is 3. The minimum atomic E-state index is -0.636. The van der Waals surface area contributed by atoms with Crippen LogP contribution in [0, 0.1) is 10.1 Å². The summed E-state index contributed by atoms with van der Waals surface area (Å²) in [5.41, 5.74) is 4.37. The molecule has 0 heterocycles. The van der Waals surface area contributed by atoms with Crippen molar-refractivity contribution >= 4 is 23.8 Å². The number of rotatable bonds is 10. The normalized spacial score (nSPS) is 11.6. The molecule has 0 bridgehead atoms. The van der Waals surface area contributed by atoms with Gasteiger partial charge < -0.3 is 9.47 Å². The Bertz CT molecular complexity index is 1190. The Hall–Kier alpha value is -4.53. The molecule has 0 aliphatic rings. The maximum atomic E-state index is 12.2. The number of amides is 1. The van der Waals surface area contributed by atoms with Crippen LogP contribution in [0.3, 0.4) is 0 Å². The number of hydrogen-bond acceptors (Lipinski definition) is 7. The van der Waals surface area contributed by atoms with E-state index in [4.69, 9.17) is 9.47 Å². The molecule has 0 spiro atoms. The average Bonchev–Trinajstić information content (AvgIpc) is 2.88. The van der Waals surface area contributed by atoms with Crippen LogP contribution in [0.1, 0.15) is 47.7 Å². The smallest absolute Gasteiger partial charge is 0.343 e. The zero-order valence-electron chi connectivity index (χ0n) is 19.3. The number of non-ortho nitro benzene ring substituents is 1. The van der Waals surface area contributed by atoms with Crippen molar-refractivity contribution in [2.45, 2.75) is 26.2 Å². The summed E-state index contributed by atoms with van der Waals surface area (Å²) in [5, 5.41) is 14.6. The molecular weight excluding hydrogens is 450 g/mol. The van der Waals surface area contributed by atoms with Crippen LogP contribution < -0.4 is 14.9 Å². The Morgan fingerprint density at radius 1 is 1.00 bits per heavy atom. The predicted octanol–water partition coefficient (Wildman–Crippen LogP) is 4.86. The van der Waals surface area contributed by atoms with Gasteiger partial charge in [-0.2, -0.15) is 5.10 Å². The quantitative estimate of drug-likeness (QED) is 0.147. The van der Waals surface area contributed by atoms with E-state index >= 15 is 0 Å². The highest BCUT2D eigenvalue weighted by Crippen LogP contribution is 2.21. The predicted molar refractivity (Wildman–Crippen MR) is 131 cm³/mol. The molecule has 3 rings (SSSR count). The summed E-state index contributed by atoms with van der Waals surface area (Å²) in [7, 11) is 0. The van der Waals surface area contributed by atoms with E-state index < -0.39 is 16.8 Å². The average molecular weight is 476 g/mol. The van der Waals surface area contributed by atoms with Crippen molar-refractivity contribution in [2.75, 3.05) is 6.61 Å². The third kappa shape index (κ3) is 7.50. The standard InChI is InChI=1S/C26H25N3O6/c1-3-18(2)20-8-14-23(15-9-20)34-17-25(30)28-27-16-19-4-12-24(13-5-19)35-26(31)21-6-10-22(11-7-21)29(32)33/h4-16,18H,3,17H2,1-2H3,(H,28,30). The fourth-order valence-electron chi connectivity index (χ4n) is 3.00. The molecule has 0 aliphatic heterocycles. The maximum absolute atomic E-state index is 12.2. The van der Waals surface area contributed by atoms with Gasteiger partial charge in [-0.1, -0.05) is 26.0 Å². The van der Waals surface area contributed by atoms with Gasteiger partial charge >= 0.3 is 5.97 Å². The fraction of sp³-hybridized carbons (Fsp3) is 0.192. The van der Waals surface area contributed by atoms with E-state index in [1.165, 1.54) is 36.0 Å². The number of nitrogens with one attached hydrogen (secondary N) is 1. The molecule has 1 unspecified atom stereocenters. The number of carbonyl (C=O) groups excluding carboxylic acids is 2. The second-order valence-corrected chi connectivity index (χ2v) is 7.72. The lowest BCUT2D eigenvalue weighted by Gasteiger charge is -2.10. The first-order valence-corrected chi connectivity index (χ1v) is 11.0. The third-order valence-corrected chi connectivity index (χ3v) is 5.24. The molecule has 3 aromatic rings. The molecule has 180 valence electrons. The van der Waals surface area contributed by atoms with Gasteiger partial charge in [-0.3, -0.25) is 14.9 Å². The van der Waals surface area contributed by atoms with E-state index in [2.05, 4.69) is 24.4 Å². The minimum Gasteiger partial charge on any atom is -0.484 e. The van der Waals surface area contributed by atoms with Gasteiger partial charge in [0, 0.05) is 12.1 Å². The van der Waals surface area contributed by atoms with Crippen molar-refractivity contribution in [3.63, 3.8) is 0 Å². The van der Waals surface area contributed by atoms with Crippen LogP contribution in [0.4, 0.5) is 5.69 Å². The molecule has 0 aliphatic carbocycles. The van der Waals surface area contributed by atoms with Crippen LogP contribution in [0.15, 0.2) is 77.9 Å². The number of hydrazone groups is 1. The number of carbonyl (C=O) groups is 2. The van der Waals surface area contributed by atoms with E-state index in [-0.39, 0.29) is 17.9 Å². The molecule has 0 saturated carbocycles. The Balaban J connectivity index is 1.44. The van der Waals surface area contributed by atoms with Crippen LogP contribution in [-0.4, -0.2) is 29.6 Å². The Labute approximate surface area is 202 Å². The summed E-state index contributed by atoms with van der Waals surface area (Å²) in [6, 6.07) is 19.2. The van der Waals surface area contributed by atoms with Crippen LogP contribution in [-0.2, 0) is 4.79 Å². The number of nitro groups is 1. The number of hydrogen-bond donors (Lipinski definition) is 1. The van der Waals surface area contributed by atoms with E-state index in [0.29, 0.717) is 23.0 Å². The Morgan fingerprint density at radius 3 is 2.23 bits per heavy atom. The van der Waals surface area contributed by atoms with Crippen LogP contribution >= 0.6 is 0 Å². The summed E-state index contributed by atoms with van der Waals surface area (Å²) in [6.07, 6.45) is 2.50. The van der Waals surface area contributed by atoms with Gasteiger partial charge in [0.05, 0.1) is 16.7 Å². The van der Waals surface area contributed by atoms with E-state index in [1.807, 2.05) is 24.3 Å². The van der Waals surface area contributed by atoms with Gasteiger partial charge in [0.15, 0.2) is 6.61 Å². The molecule has 35 heavy (non-hydrogen) atoms. The van der Waals surface area contributed by atoms with E-state index in [9.17, 15) is 19.7 Å². The molecule has 0 saturated heterocycles. The number of esters is 1. The lowest BCUT2D eigenvalue weighted by molar-refractivity contribution is -0.384. The number of nitro benzene ring substituents is 1. The largest absolute Gasteiger partial charge is 0.484 e. The summed E-state index contributed by atoms with van der Waals surface area (Å²) >= 11 is 0. The maximum Gasteiger partial charge on any atom is 0.343 e. The van der Waals surface area contributed by atoms with E-state index in [1.54, 1.807) is 24.3 Å². The first kappa shape index (κ1) is 25.1. The van der Waals surface area contributed by atoms with Gasteiger partial charge in [-0.15, -0.1) is 0 Å². The molecule has 0 radical (unpaired) electrons. The van der Waals surface area contributed by atoms with Crippen LogP contribution in [0.2, 0.25) is 0 Å². The minimum absolute atomic E-state index is 0.112. The van der Waals surface area contributed by atoms with Gasteiger partial charge in [-0.25, -0.2) is 10.2 Å². The van der Waals surface area contributed by atoms with Crippen molar-refractivity contribution < 1.29 is 24.0 Å². The summed E-state index contributed by atoms with van der Waals surface area (Å²) in [5.74, 6) is 0.333. The lowest BCUT2D eigenvalue weighted by atomic mass is 9.99. The highest BCUT2D eigenvalue weighted by atomic mass is 16.6. The molecule has 0 fully saturated rings. The first-order valence-electron chi connectivity index (χ1n) is 11.0. The lowest BCUT2D eigenvalue weighted by Crippen LogP contribution is -2.24. The second kappa shape index (κ2) is 12.1. The van der Waals surface area contributed by atoms with Crippen molar-refractivity contribution in [1.29, 1.82) is 0 Å². The van der Waals surface area contributed by atoms with E-state index in [0.717, 1.165) is 6.42 Å². The summed E-state index contributed by atoms with van der Waals surface area (Å²) < 4.78 is 10.7. The Kier molecular flexibility index (Phi) is 8.66. The second-order valence-electron chi connectivity index (χ2n) is 7.72. The molecule has 0 aromatic heterocycles. The molecule has 3 aromatic carbocycles. The van der Waals surface area contributed by atoms with Crippen LogP contribution in [0.25, 0.3) is 0 Å². The van der Waals surface area contributed by atoms with Crippen molar-refractivity contribution in [2.24, 2.45) is 5.10 Å². The zero-order valence-corrected chi connectivity index (χ0v) is 19.3. The number of nitrogens with zero attached hydrogens (tertiary/aromatic N) is 2. The van der Waals surface area contributed by atoms with Gasteiger partial charge in [0.2, 0.25) is 0 Å². The highest BCUT2D eigenvalue weighted by Gasteiger charge is 2.11. The zero-order chi connectivity index (χ0) is 25.2. The van der Waals surface area contributed by atoms with Gasteiger partial charge in [0.25, 0.3) is 11.6 Å². The SMILES string of the molecule is CCC(C)c1ccc(OCC(=O)NN=Cc2ccc(OC(=O)c3ccc([N+](=O)[O-])cc3)cc2)cc1. The fourth-order valence-corrected chi connectivity index (χ4v) is 3.00. The molecule has 1 N–H and O–H groups in total. The third-order valence-electron chi connectivity index (χ3n) is 5.24.